The lowest BCUT2D eigenvalue weighted by atomic mass is 10.2. The molecule has 0 fully saturated rings. The van der Waals surface area contributed by atoms with E-state index in [0.29, 0.717) is 24.6 Å². The summed E-state index contributed by atoms with van der Waals surface area (Å²) in [5.41, 5.74) is 1.20. The second-order valence-electron chi connectivity index (χ2n) is 5.10. The van der Waals surface area contributed by atoms with Crippen molar-refractivity contribution in [3.63, 3.8) is 0 Å². The number of hydrogen-bond donors (Lipinski definition) is 0. The molecule has 0 N–H and O–H groups in total. The second-order valence-corrected chi connectivity index (χ2v) is 6.11. The van der Waals surface area contributed by atoms with Crippen LogP contribution >= 0.6 is 11.3 Å². The molecule has 0 aliphatic carbocycles. The molecule has 0 bridgehead atoms. The molecule has 7 nitrogen and oxygen atoms in total. The molecule has 1 aliphatic rings. The SMILES string of the molecule is CCn1c(=NC(=O)c2cnccn2)sc2cc3c(cc21)OCCO3. The molecule has 1 amide bonds. The number of thiazole rings is 1. The van der Waals surface area contributed by atoms with Gasteiger partial charge in [0, 0.05) is 31.1 Å². The Morgan fingerprint density at radius 3 is 2.79 bits per heavy atom. The lowest BCUT2D eigenvalue weighted by Gasteiger charge is -2.18. The lowest BCUT2D eigenvalue weighted by Crippen LogP contribution is -2.17. The Bertz CT molecular complexity index is 978. The van der Waals surface area contributed by atoms with Gasteiger partial charge in [-0.2, -0.15) is 4.99 Å². The highest BCUT2D eigenvalue weighted by Crippen LogP contribution is 2.35. The van der Waals surface area contributed by atoms with Crippen LogP contribution in [0.1, 0.15) is 17.4 Å². The lowest BCUT2D eigenvalue weighted by molar-refractivity contribution is 0.0992. The van der Waals surface area contributed by atoms with Crippen molar-refractivity contribution in [2.75, 3.05) is 13.2 Å². The molecule has 3 heterocycles. The Morgan fingerprint density at radius 2 is 2.08 bits per heavy atom. The Hall–Kier alpha value is -2.74. The van der Waals surface area contributed by atoms with Crippen molar-refractivity contribution in [2.45, 2.75) is 13.5 Å². The maximum atomic E-state index is 12.3. The number of aromatic nitrogens is 3. The van der Waals surface area contributed by atoms with E-state index in [-0.39, 0.29) is 5.69 Å². The molecule has 0 atom stereocenters. The number of amides is 1. The van der Waals surface area contributed by atoms with Gasteiger partial charge in [-0.1, -0.05) is 11.3 Å². The Labute approximate surface area is 141 Å². The fourth-order valence-electron chi connectivity index (χ4n) is 2.55. The van der Waals surface area contributed by atoms with Crippen LogP contribution in [-0.4, -0.2) is 33.7 Å². The van der Waals surface area contributed by atoms with E-state index in [1.165, 1.54) is 29.9 Å². The quantitative estimate of drug-likeness (QED) is 0.712. The fraction of sp³-hybridized carbons (Fsp3) is 0.250. The third-order valence-corrected chi connectivity index (χ3v) is 4.68. The summed E-state index contributed by atoms with van der Waals surface area (Å²) < 4.78 is 14.2. The molecule has 24 heavy (non-hydrogen) atoms. The van der Waals surface area contributed by atoms with E-state index >= 15 is 0 Å². The topological polar surface area (TPSA) is 78.6 Å². The number of ether oxygens (including phenoxy) is 2. The minimum Gasteiger partial charge on any atom is -0.486 e. The summed E-state index contributed by atoms with van der Waals surface area (Å²) in [5, 5.41) is 0. The molecule has 1 aromatic carbocycles. The summed E-state index contributed by atoms with van der Waals surface area (Å²) in [7, 11) is 0. The van der Waals surface area contributed by atoms with Gasteiger partial charge in [-0.25, -0.2) is 4.98 Å². The fourth-order valence-corrected chi connectivity index (χ4v) is 3.65. The first-order valence-corrected chi connectivity index (χ1v) is 8.36. The maximum Gasteiger partial charge on any atom is 0.299 e. The van der Waals surface area contributed by atoms with Gasteiger partial charge in [0.15, 0.2) is 16.3 Å². The predicted octanol–water partition coefficient (Wildman–Crippen LogP) is 2.02. The standard InChI is InChI=1S/C16H14N4O3S/c1-2-20-11-7-12-13(23-6-5-22-12)8-14(11)24-16(20)19-15(21)10-9-17-3-4-18-10/h3-4,7-9H,2,5-6H2,1H3. The molecule has 3 aromatic rings. The van der Waals surface area contributed by atoms with Crippen LogP contribution in [0.15, 0.2) is 35.7 Å². The normalized spacial score (nSPS) is 14.1. The summed E-state index contributed by atoms with van der Waals surface area (Å²) >= 11 is 1.44. The molecule has 8 heteroatoms. The summed E-state index contributed by atoms with van der Waals surface area (Å²) in [6.45, 7) is 3.78. The number of rotatable bonds is 2. The van der Waals surface area contributed by atoms with Crippen molar-refractivity contribution >= 4 is 27.5 Å². The zero-order valence-electron chi connectivity index (χ0n) is 12.9. The first-order valence-electron chi connectivity index (χ1n) is 7.54. The van der Waals surface area contributed by atoms with E-state index in [4.69, 9.17) is 9.47 Å². The highest BCUT2D eigenvalue weighted by atomic mass is 32.1. The zero-order valence-corrected chi connectivity index (χ0v) is 13.7. The number of carbonyl (C=O) groups excluding carboxylic acids is 1. The number of fused-ring (bicyclic) bond motifs is 2. The molecular weight excluding hydrogens is 328 g/mol. The third-order valence-electron chi connectivity index (χ3n) is 3.64. The van der Waals surface area contributed by atoms with Crippen LogP contribution in [0, 0.1) is 0 Å². The van der Waals surface area contributed by atoms with Crippen molar-refractivity contribution in [1.82, 2.24) is 14.5 Å². The molecule has 122 valence electrons. The minimum atomic E-state index is -0.408. The molecule has 2 aromatic heterocycles. The maximum absolute atomic E-state index is 12.3. The number of benzene rings is 1. The first-order chi connectivity index (χ1) is 11.8. The highest BCUT2D eigenvalue weighted by Gasteiger charge is 2.16. The van der Waals surface area contributed by atoms with Crippen LogP contribution in [0.4, 0.5) is 0 Å². The van der Waals surface area contributed by atoms with Gasteiger partial charge in [0.2, 0.25) is 0 Å². The smallest absolute Gasteiger partial charge is 0.299 e. The van der Waals surface area contributed by atoms with E-state index in [1.54, 1.807) is 0 Å². The summed E-state index contributed by atoms with van der Waals surface area (Å²) in [5.74, 6) is 1.04. The molecule has 4 rings (SSSR count). The zero-order chi connectivity index (χ0) is 16.5. The Morgan fingerprint density at radius 1 is 1.29 bits per heavy atom. The summed E-state index contributed by atoms with van der Waals surface area (Å²) in [4.78, 5) is 25.0. The number of carbonyl (C=O) groups is 1. The molecule has 0 unspecified atom stereocenters. The summed E-state index contributed by atoms with van der Waals surface area (Å²) in [6.07, 6.45) is 4.41. The number of nitrogens with zero attached hydrogens (tertiary/aromatic N) is 4. The molecule has 0 radical (unpaired) electrons. The first kappa shape index (κ1) is 14.8. The van der Waals surface area contributed by atoms with Crippen LogP contribution < -0.4 is 14.3 Å². The van der Waals surface area contributed by atoms with Crippen molar-refractivity contribution in [1.29, 1.82) is 0 Å². The van der Waals surface area contributed by atoms with Crippen LogP contribution in [0.25, 0.3) is 10.2 Å². The van der Waals surface area contributed by atoms with Gasteiger partial charge in [0.1, 0.15) is 18.9 Å². The van der Waals surface area contributed by atoms with Crippen LogP contribution in [0.3, 0.4) is 0 Å². The number of aryl methyl sites for hydroxylation is 1. The Kier molecular flexibility index (Phi) is 3.73. The van der Waals surface area contributed by atoms with Gasteiger partial charge in [-0.3, -0.25) is 9.78 Å². The van der Waals surface area contributed by atoms with Crippen molar-refractivity contribution < 1.29 is 14.3 Å². The highest BCUT2D eigenvalue weighted by molar-refractivity contribution is 7.16. The largest absolute Gasteiger partial charge is 0.486 e. The molecule has 0 saturated carbocycles. The molecular formula is C16H14N4O3S. The van der Waals surface area contributed by atoms with E-state index in [2.05, 4.69) is 15.0 Å². The average molecular weight is 342 g/mol. The average Bonchev–Trinajstić information content (AvgIpc) is 2.96. The molecule has 1 aliphatic heterocycles. The van der Waals surface area contributed by atoms with Crippen LogP contribution in [0.5, 0.6) is 11.5 Å². The van der Waals surface area contributed by atoms with Gasteiger partial charge in [0.05, 0.1) is 16.4 Å². The number of hydrogen-bond acceptors (Lipinski definition) is 6. The van der Waals surface area contributed by atoms with Crippen LogP contribution in [0.2, 0.25) is 0 Å². The van der Waals surface area contributed by atoms with E-state index < -0.39 is 5.91 Å². The third kappa shape index (κ3) is 2.54. The second kappa shape index (κ2) is 6.04. The minimum absolute atomic E-state index is 0.226. The molecule has 0 saturated heterocycles. The van der Waals surface area contributed by atoms with Crippen molar-refractivity contribution in [3.8, 4) is 11.5 Å². The predicted molar refractivity (Wildman–Crippen MR) is 88.4 cm³/mol. The summed E-state index contributed by atoms with van der Waals surface area (Å²) in [6, 6.07) is 3.88. The van der Waals surface area contributed by atoms with Crippen molar-refractivity contribution in [3.05, 3.63) is 41.2 Å². The van der Waals surface area contributed by atoms with Gasteiger partial charge >= 0.3 is 0 Å². The Balaban J connectivity index is 1.86. The van der Waals surface area contributed by atoms with Gasteiger partial charge in [-0.15, -0.1) is 0 Å². The van der Waals surface area contributed by atoms with E-state index in [0.717, 1.165) is 21.7 Å². The monoisotopic (exact) mass is 342 g/mol. The van der Waals surface area contributed by atoms with E-state index in [1.807, 2.05) is 23.6 Å². The van der Waals surface area contributed by atoms with Crippen molar-refractivity contribution in [2.24, 2.45) is 4.99 Å². The molecule has 0 spiro atoms. The van der Waals surface area contributed by atoms with Gasteiger partial charge in [-0.05, 0) is 6.92 Å². The van der Waals surface area contributed by atoms with Crippen LogP contribution in [-0.2, 0) is 6.54 Å². The van der Waals surface area contributed by atoms with Gasteiger partial charge in [0.25, 0.3) is 5.91 Å². The van der Waals surface area contributed by atoms with Gasteiger partial charge < -0.3 is 14.0 Å². The van der Waals surface area contributed by atoms with E-state index in [9.17, 15) is 4.79 Å².